The zero-order valence-corrected chi connectivity index (χ0v) is 9.43. The molecular formula is C8H15IO3. The number of rotatable bonds is 1. The number of aliphatic hydroxyl groups excluding tert-OH is 2. The Bertz CT molecular complexity index is 148. The molecule has 0 amide bonds. The minimum atomic E-state index is -1.00. The molecule has 4 heteroatoms. The average molecular weight is 286 g/mol. The zero-order valence-electron chi connectivity index (χ0n) is 7.27. The second-order valence-electron chi connectivity index (χ2n) is 3.43. The van der Waals surface area contributed by atoms with Gasteiger partial charge < -0.3 is 14.9 Å². The van der Waals surface area contributed by atoms with E-state index < -0.39 is 12.4 Å². The largest absolute Gasteiger partial charge is 0.388 e. The van der Waals surface area contributed by atoms with Crippen LogP contribution in [0.4, 0.5) is 0 Å². The van der Waals surface area contributed by atoms with Gasteiger partial charge in [0.15, 0.2) is 6.29 Å². The number of halogens is 1. The van der Waals surface area contributed by atoms with E-state index in [1.807, 2.05) is 13.8 Å². The van der Waals surface area contributed by atoms with Crippen molar-refractivity contribution in [1.29, 1.82) is 0 Å². The van der Waals surface area contributed by atoms with E-state index in [0.29, 0.717) is 5.92 Å². The monoisotopic (exact) mass is 286 g/mol. The summed E-state index contributed by atoms with van der Waals surface area (Å²) in [6, 6.07) is 0. The van der Waals surface area contributed by atoms with Crippen LogP contribution < -0.4 is 0 Å². The molecule has 1 aliphatic heterocycles. The first kappa shape index (κ1) is 10.7. The molecule has 1 fully saturated rings. The predicted molar refractivity (Wildman–Crippen MR) is 54.1 cm³/mol. The van der Waals surface area contributed by atoms with Crippen molar-refractivity contribution in [3.63, 3.8) is 0 Å². The summed E-state index contributed by atoms with van der Waals surface area (Å²) in [7, 11) is 0. The van der Waals surface area contributed by atoms with E-state index in [1.165, 1.54) is 0 Å². The van der Waals surface area contributed by atoms with Crippen molar-refractivity contribution in [2.45, 2.75) is 32.3 Å². The van der Waals surface area contributed by atoms with Crippen molar-refractivity contribution in [2.24, 2.45) is 11.8 Å². The Labute approximate surface area is 86.3 Å². The van der Waals surface area contributed by atoms with Crippen LogP contribution in [0.25, 0.3) is 0 Å². The van der Waals surface area contributed by atoms with Crippen LogP contribution in [-0.4, -0.2) is 33.1 Å². The molecule has 1 aliphatic rings. The first-order valence-corrected chi connectivity index (χ1v) is 5.68. The van der Waals surface area contributed by atoms with Crippen molar-refractivity contribution < 1.29 is 14.9 Å². The van der Waals surface area contributed by atoms with Crippen molar-refractivity contribution in [2.75, 3.05) is 4.43 Å². The van der Waals surface area contributed by atoms with Gasteiger partial charge in [0.25, 0.3) is 0 Å². The van der Waals surface area contributed by atoms with E-state index in [2.05, 4.69) is 22.6 Å². The maximum Gasteiger partial charge on any atom is 0.181 e. The fraction of sp³-hybridized carbons (Fsp3) is 1.00. The Morgan fingerprint density at radius 3 is 2.33 bits per heavy atom. The lowest BCUT2D eigenvalue weighted by atomic mass is 9.84. The van der Waals surface area contributed by atoms with Crippen LogP contribution in [0.3, 0.4) is 0 Å². The molecule has 0 aromatic carbocycles. The van der Waals surface area contributed by atoms with Gasteiger partial charge >= 0.3 is 0 Å². The van der Waals surface area contributed by atoms with Gasteiger partial charge in [0, 0.05) is 4.43 Å². The molecule has 0 aliphatic carbocycles. The topological polar surface area (TPSA) is 49.7 Å². The van der Waals surface area contributed by atoms with Crippen LogP contribution >= 0.6 is 22.6 Å². The Kier molecular flexibility index (Phi) is 3.75. The fourth-order valence-corrected chi connectivity index (χ4v) is 2.48. The average Bonchev–Trinajstić information content (AvgIpc) is 2.08. The fourth-order valence-electron chi connectivity index (χ4n) is 1.47. The Balaban J connectivity index is 2.63. The summed E-state index contributed by atoms with van der Waals surface area (Å²) in [6.07, 6.45) is -1.67. The number of ether oxygens (including phenoxy) is 1. The molecule has 2 N–H and O–H groups in total. The Morgan fingerprint density at radius 2 is 1.83 bits per heavy atom. The molecule has 72 valence electrons. The smallest absolute Gasteiger partial charge is 0.181 e. The zero-order chi connectivity index (χ0) is 9.30. The van der Waals surface area contributed by atoms with E-state index >= 15 is 0 Å². The van der Waals surface area contributed by atoms with E-state index in [9.17, 15) is 10.2 Å². The lowest BCUT2D eigenvalue weighted by Crippen LogP contribution is -2.49. The third-order valence-corrected chi connectivity index (χ3v) is 3.58. The van der Waals surface area contributed by atoms with Crippen LogP contribution in [0.5, 0.6) is 0 Å². The number of hydrogen-bond donors (Lipinski definition) is 2. The minimum absolute atomic E-state index is 0.0685. The van der Waals surface area contributed by atoms with Gasteiger partial charge in [-0.25, -0.2) is 0 Å². The highest BCUT2D eigenvalue weighted by Gasteiger charge is 2.38. The van der Waals surface area contributed by atoms with Gasteiger partial charge in [-0.2, -0.15) is 0 Å². The number of aliphatic hydroxyl groups is 2. The summed E-state index contributed by atoms with van der Waals surface area (Å²) in [5.41, 5.74) is 0. The van der Waals surface area contributed by atoms with Crippen molar-refractivity contribution >= 4 is 22.6 Å². The summed E-state index contributed by atoms with van der Waals surface area (Å²) in [5.74, 6) is 0.411. The van der Waals surface area contributed by atoms with Gasteiger partial charge in [0.05, 0.1) is 6.10 Å². The molecule has 0 saturated carbocycles. The third kappa shape index (κ3) is 1.92. The Hall–Kier alpha value is 0.610. The maximum atomic E-state index is 9.45. The van der Waals surface area contributed by atoms with Gasteiger partial charge in [-0.05, 0) is 11.8 Å². The highest BCUT2D eigenvalue weighted by Crippen LogP contribution is 2.30. The van der Waals surface area contributed by atoms with Crippen LogP contribution in [0.2, 0.25) is 0 Å². The molecule has 12 heavy (non-hydrogen) atoms. The van der Waals surface area contributed by atoms with Crippen LogP contribution in [0.1, 0.15) is 13.8 Å². The van der Waals surface area contributed by atoms with Crippen LogP contribution in [0, 0.1) is 11.8 Å². The molecule has 0 spiro atoms. The lowest BCUT2D eigenvalue weighted by Gasteiger charge is -2.39. The molecule has 0 radical (unpaired) electrons. The second-order valence-corrected chi connectivity index (χ2v) is 4.31. The molecule has 1 unspecified atom stereocenters. The molecular weight excluding hydrogens is 271 g/mol. The molecule has 1 heterocycles. The lowest BCUT2D eigenvalue weighted by molar-refractivity contribution is -0.243. The second kappa shape index (κ2) is 4.21. The standard InChI is InChI=1S/C8H15IO3/c1-4-5(2)7(10)8(11)12-6(4)3-9/h4-8,10-11H,3H2,1-2H3/t4-,5+,6-,7-,8?/m0/s1. The first-order valence-electron chi connectivity index (χ1n) is 4.15. The minimum Gasteiger partial charge on any atom is -0.388 e. The third-order valence-electron chi connectivity index (χ3n) is 2.71. The number of hydrogen-bond acceptors (Lipinski definition) is 3. The van der Waals surface area contributed by atoms with Crippen molar-refractivity contribution in [3.8, 4) is 0 Å². The molecule has 0 aromatic heterocycles. The molecule has 3 nitrogen and oxygen atoms in total. The van der Waals surface area contributed by atoms with Gasteiger partial charge in [-0.3, -0.25) is 0 Å². The van der Waals surface area contributed by atoms with E-state index in [1.54, 1.807) is 0 Å². The van der Waals surface area contributed by atoms with Gasteiger partial charge in [-0.15, -0.1) is 0 Å². The predicted octanol–water partition coefficient (Wildman–Crippen LogP) is 0.772. The Morgan fingerprint density at radius 1 is 1.25 bits per heavy atom. The molecule has 1 saturated heterocycles. The van der Waals surface area contributed by atoms with Crippen molar-refractivity contribution in [3.05, 3.63) is 0 Å². The highest BCUT2D eigenvalue weighted by molar-refractivity contribution is 14.1. The van der Waals surface area contributed by atoms with Crippen molar-refractivity contribution in [1.82, 2.24) is 0 Å². The summed E-state index contributed by atoms with van der Waals surface area (Å²) in [5, 5.41) is 18.7. The normalized spacial score (nSPS) is 49.2. The summed E-state index contributed by atoms with van der Waals surface area (Å²) >= 11 is 2.23. The number of alkyl halides is 1. The van der Waals surface area contributed by atoms with Crippen LogP contribution in [-0.2, 0) is 4.74 Å². The van der Waals surface area contributed by atoms with E-state index in [0.717, 1.165) is 4.43 Å². The van der Waals surface area contributed by atoms with Crippen LogP contribution in [0.15, 0.2) is 0 Å². The SMILES string of the molecule is C[C@@H]1[C@H](C)[C@H](CI)OC(O)[C@H]1O. The summed E-state index contributed by atoms with van der Waals surface area (Å²) in [6.45, 7) is 3.99. The van der Waals surface area contributed by atoms with E-state index in [4.69, 9.17) is 4.74 Å². The van der Waals surface area contributed by atoms with E-state index in [-0.39, 0.29) is 12.0 Å². The van der Waals surface area contributed by atoms with Gasteiger partial charge in [-0.1, -0.05) is 36.4 Å². The molecule has 0 bridgehead atoms. The summed E-state index contributed by atoms with van der Waals surface area (Å²) in [4.78, 5) is 0. The molecule has 1 rings (SSSR count). The van der Waals surface area contributed by atoms with Gasteiger partial charge in [0.2, 0.25) is 0 Å². The molecule has 5 atom stereocenters. The maximum absolute atomic E-state index is 9.45. The summed E-state index contributed by atoms with van der Waals surface area (Å²) < 4.78 is 6.08. The molecule has 0 aromatic rings. The highest BCUT2D eigenvalue weighted by atomic mass is 127. The first-order chi connectivity index (χ1) is 5.57. The quantitative estimate of drug-likeness (QED) is 0.553. The van der Waals surface area contributed by atoms with Gasteiger partial charge in [0.1, 0.15) is 6.10 Å².